The van der Waals surface area contributed by atoms with Crippen LogP contribution in [0.1, 0.15) is 13.3 Å². The Morgan fingerprint density at radius 2 is 2.10 bits per heavy atom. The Bertz CT molecular complexity index is 707. The van der Waals surface area contributed by atoms with E-state index in [4.69, 9.17) is 23.2 Å². The Hall–Kier alpha value is -1.22. The number of amides is 2. The van der Waals surface area contributed by atoms with E-state index in [2.05, 4.69) is 10.3 Å². The van der Waals surface area contributed by atoms with Crippen LogP contribution in [0.2, 0.25) is 10.2 Å². The zero-order chi connectivity index (χ0) is 15.8. The van der Waals surface area contributed by atoms with E-state index in [0.717, 1.165) is 16.6 Å². The molecule has 2 amide bonds. The molecule has 7 nitrogen and oxygen atoms in total. The summed E-state index contributed by atoms with van der Waals surface area (Å²) in [4.78, 5) is 26.6. The highest BCUT2D eigenvalue weighted by molar-refractivity contribution is 7.89. The van der Waals surface area contributed by atoms with Crippen molar-refractivity contribution < 1.29 is 18.0 Å². The highest BCUT2D eigenvalue weighted by Gasteiger charge is 2.40. The van der Waals surface area contributed by atoms with Crippen LogP contribution in [0.3, 0.4) is 0 Å². The molecule has 0 aliphatic carbocycles. The number of rotatable bonds is 3. The van der Waals surface area contributed by atoms with Crippen molar-refractivity contribution in [1.82, 2.24) is 14.6 Å². The van der Waals surface area contributed by atoms with Gasteiger partial charge in [0.05, 0.1) is 11.6 Å². The lowest BCUT2D eigenvalue weighted by molar-refractivity contribution is -0.137. The third-order valence-electron chi connectivity index (χ3n) is 2.98. The van der Waals surface area contributed by atoms with Gasteiger partial charge in [0.2, 0.25) is 21.8 Å². The zero-order valence-electron chi connectivity index (χ0n) is 10.8. The summed E-state index contributed by atoms with van der Waals surface area (Å²) in [6.07, 6.45) is 1.26. The summed E-state index contributed by atoms with van der Waals surface area (Å²) in [5.41, 5.74) is 0. The van der Waals surface area contributed by atoms with Crippen LogP contribution < -0.4 is 5.32 Å². The number of nitrogens with one attached hydrogen (secondary N) is 1. The SMILES string of the molecule is CCC1C(=O)NC(=O)CN1S(=O)(=O)c1cnc(Cl)c(Cl)c1. The van der Waals surface area contributed by atoms with Gasteiger partial charge in [-0.3, -0.25) is 14.9 Å². The summed E-state index contributed by atoms with van der Waals surface area (Å²) in [7, 11) is -4.08. The highest BCUT2D eigenvalue weighted by Crippen LogP contribution is 2.26. The van der Waals surface area contributed by atoms with Gasteiger partial charge >= 0.3 is 0 Å². The van der Waals surface area contributed by atoms with E-state index in [1.807, 2.05) is 0 Å². The van der Waals surface area contributed by atoms with Gasteiger partial charge < -0.3 is 0 Å². The second-order valence-electron chi connectivity index (χ2n) is 4.33. The maximum atomic E-state index is 12.6. The second-order valence-corrected chi connectivity index (χ2v) is 6.99. The molecule has 1 unspecified atom stereocenters. The van der Waals surface area contributed by atoms with Crippen molar-refractivity contribution in [3.05, 3.63) is 22.4 Å². The van der Waals surface area contributed by atoms with Crippen LogP contribution >= 0.6 is 23.2 Å². The molecule has 10 heteroatoms. The molecule has 1 saturated heterocycles. The smallest absolute Gasteiger partial charge is 0.245 e. The molecular formula is C11H11Cl2N3O4S. The maximum Gasteiger partial charge on any atom is 0.245 e. The van der Waals surface area contributed by atoms with Crippen molar-refractivity contribution in [2.45, 2.75) is 24.3 Å². The molecule has 114 valence electrons. The monoisotopic (exact) mass is 351 g/mol. The molecule has 2 rings (SSSR count). The van der Waals surface area contributed by atoms with Crippen molar-refractivity contribution in [3.63, 3.8) is 0 Å². The first-order chi connectivity index (χ1) is 9.77. The number of nitrogens with zero attached hydrogens (tertiary/aromatic N) is 2. The van der Waals surface area contributed by atoms with Crippen molar-refractivity contribution in [3.8, 4) is 0 Å². The standard InChI is InChI=1S/C11H11Cl2N3O4S/c1-2-8-11(18)15-9(17)5-16(8)21(19,20)6-3-7(12)10(13)14-4-6/h3-4,8H,2,5H2,1H3,(H,15,17,18). The zero-order valence-corrected chi connectivity index (χ0v) is 13.2. The quantitative estimate of drug-likeness (QED) is 0.642. The molecule has 0 saturated carbocycles. The van der Waals surface area contributed by atoms with Gasteiger partial charge in [-0.1, -0.05) is 30.1 Å². The Morgan fingerprint density at radius 3 is 2.67 bits per heavy atom. The fourth-order valence-electron chi connectivity index (χ4n) is 1.96. The van der Waals surface area contributed by atoms with E-state index in [1.54, 1.807) is 6.92 Å². The van der Waals surface area contributed by atoms with E-state index in [-0.39, 0.29) is 21.5 Å². The summed E-state index contributed by atoms with van der Waals surface area (Å²) in [5.74, 6) is -1.33. The van der Waals surface area contributed by atoms with Gasteiger partial charge in [-0.25, -0.2) is 13.4 Å². The van der Waals surface area contributed by atoms with Crippen LogP contribution in [-0.2, 0) is 19.6 Å². The summed E-state index contributed by atoms with van der Waals surface area (Å²) >= 11 is 11.4. The maximum absolute atomic E-state index is 12.6. The molecule has 0 radical (unpaired) electrons. The van der Waals surface area contributed by atoms with Gasteiger partial charge in [0.25, 0.3) is 0 Å². The minimum atomic E-state index is -4.08. The third-order valence-corrected chi connectivity index (χ3v) is 5.48. The summed E-state index contributed by atoms with van der Waals surface area (Å²) in [6, 6.07) is 0.179. The number of aromatic nitrogens is 1. The number of halogens is 2. The topological polar surface area (TPSA) is 96.4 Å². The molecule has 0 bridgehead atoms. The predicted molar refractivity (Wildman–Crippen MR) is 75.4 cm³/mol. The fraction of sp³-hybridized carbons (Fsp3) is 0.364. The van der Waals surface area contributed by atoms with Crippen LogP contribution in [0.5, 0.6) is 0 Å². The van der Waals surface area contributed by atoms with Crippen LogP contribution in [0.15, 0.2) is 17.2 Å². The molecular weight excluding hydrogens is 341 g/mol. The van der Waals surface area contributed by atoms with Crippen LogP contribution in [-0.4, -0.2) is 42.1 Å². The number of pyridine rings is 1. The molecule has 1 aliphatic rings. The van der Waals surface area contributed by atoms with E-state index in [0.29, 0.717) is 0 Å². The molecule has 21 heavy (non-hydrogen) atoms. The molecule has 1 aliphatic heterocycles. The molecule has 1 N–H and O–H groups in total. The number of piperazine rings is 1. The Labute approximate surface area is 131 Å². The van der Waals surface area contributed by atoms with Crippen LogP contribution in [0.4, 0.5) is 0 Å². The first-order valence-electron chi connectivity index (χ1n) is 5.94. The lowest BCUT2D eigenvalue weighted by Crippen LogP contribution is -2.59. The fourth-order valence-corrected chi connectivity index (χ4v) is 3.89. The van der Waals surface area contributed by atoms with Crippen LogP contribution in [0, 0.1) is 0 Å². The van der Waals surface area contributed by atoms with Crippen molar-refractivity contribution in [1.29, 1.82) is 0 Å². The first-order valence-corrected chi connectivity index (χ1v) is 8.13. The minimum absolute atomic E-state index is 0.0291. The van der Waals surface area contributed by atoms with Gasteiger partial charge in [0, 0.05) is 6.20 Å². The van der Waals surface area contributed by atoms with Gasteiger partial charge in [-0.05, 0) is 12.5 Å². The average molecular weight is 352 g/mol. The van der Waals surface area contributed by atoms with E-state index in [9.17, 15) is 18.0 Å². The molecule has 1 aromatic heterocycles. The van der Waals surface area contributed by atoms with Gasteiger partial charge in [-0.15, -0.1) is 0 Å². The number of hydrogen-bond acceptors (Lipinski definition) is 5. The molecule has 0 spiro atoms. The van der Waals surface area contributed by atoms with E-state index in [1.165, 1.54) is 0 Å². The largest absolute Gasteiger partial charge is 0.294 e. The summed E-state index contributed by atoms with van der Waals surface area (Å²) in [5, 5.41) is 2.05. The van der Waals surface area contributed by atoms with E-state index < -0.39 is 34.4 Å². The second kappa shape index (κ2) is 5.88. The summed E-state index contributed by atoms with van der Waals surface area (Å²) < 4.78 is 26.0. The lowest BCUT2D eigenvalue weighted by Gasteiger charge is -2.32. The number of carbonyl (C=O) groups is 2. The number of hydrogen-bond donors (Lipinski definition) is 1. The number of sulfonamides is 1. The molecule has 0 aromatic carbocycles. The van der Waals surface area contributed by atoms with Crippen molar-refractivity contribution in [2.24, 2.45) is 0 Å². The average Bonchev–Trinajstić information content (AvgIpc) is 2.41. The Morgan fingerprint density at radius 1 is 1.43 bits per heavy atom. The van der Waals surface area contributed by atoms with Gasteiger partial charge in [-0.2, -0.15) is 4.31 Å². The first kappa shape index (κ1) is 16.2. The summed E-state index contributed by atoms with van der Waals surface area (Å²) in [6.45, 7) is 1.21. The highest BCUT2D eigenvalue weighted by atomic mass is 35.5. The molecule has 1 fully saturated rings. The third kappa shape index (κ3) is 3.03. The Balaban J connectivity index is 2.47. The van der Waals surface area contributed by atoms with Gasteiger partial charge in [0.1, 0.15) is 16.1 Å². The minimum Gasteiger partial charge on any atom is -0.294 e. The molecule has 2 heterocycles. The van der Waals surface area contributed by atoms with Gasteiger partial charge in [0.15, 0.2) is 0 Å². The number of carbonyl (C=O) groups excluding carboxylic acids is 2. The van der Waals surface area contributed by atoms with Crippen LogP contribution in [0.25, 0.3) is 0 Å². The normalized spacial score (nSPS) is 20.4. The number of imide groups is 1. The predicted octanol–water partition coefficient (Wildman–Crippen LogP) is 0.814. The Kier molecular flexibility index (Phi) is 4.52. The van der Waals surface area contributed by atoms with E-state index >= 15 is 0 Å². The molecule has 1 aromatic rings. The van der Waals surface area contributed by atoms with Crippen molar-refractivity contribution >= 4 is 45.0 Å². The van der Waals surface area contributed by atoms with Crippen molar-refractivity contribution in [2.75, 3.05) is 6.54 Å². The lowest BCUT2D eigenvalue weighted by atomic mass is 10.2. The molecule has 1 atom stereocenters.